The Hall–Kier alpha value is -1.60. The van der Waals surface area contributed by atoms with E-state index in [1.54, 1.807) is 0 Å². The van der Waals surface area contributed by atoms with E-state index in [9.17, 15) is 0 Å². The summed E-state index contributed by atoms with van der Waals surface area (Å²) in [5, 5.41) is 0. The van der Waals surface area contributed by atoms with Crippen LogP contribution in [0.2, 0.25) is 0 Å². The van der Waals surface area contributed by atoms with Gasteiger partial charge < -0.3 is 5.73 Å². The molecule has 1 heteroatoms. The molecule has 0 saturated carbocycles. The average molecular weight is 239 g/mol. The predicted molar refractivity (Wildman–Crippen MR) is 77.7 cm³/mol. The van der Waals surface area contributed by atoms with Gasteiger partial charge in [-0.15, -0.1) is 0 Å². The van der Waals surface area contributed by atoms with Gasteiger partial charge in [0.05, 0.1) is 0 Å². The van der Waals surface area contributed by atoms with Gasteiger partial charge in [-0.3, -0.25) is 0 Å². The molecule has 0 aliphatic heterocycles. The van der Waals surface area contributed by atoms with E-state index < -0.39 is 0 Å². The van der Waals surface area contributed by atoms with Gasteiger partial charge in [0.1, 0.15) is 0 Å². The molecule has 2 N–H and O–H groups in total. The van der Waals surface area contributed by atoms with Gasteiger partial charge in [-0.1, -0.05) is 42.5 Å². The highest BCUT2D eigenvalue weighted by Crippen LogP contribution is 2.20. The molecule has 2 aromatic carbocycles. The second-order valence-corrected chi connectivity index (χ2v) is 5.09. The van der Waals surface area contributed by atoms with Crippen LogP contribution in [0.3, 0.4) is 0 Å². The van der Waals surface area contributed by atoms with Crippen molar-refractivity contribution >= 4 is 0 Å². The van der Waals surface area contributed by atoms with E-state index in [1.807, 2.05) is 0 Å². The first-order chi connectivity index (χ1) is 8.58. The first-order valence-corrected chi connectivity index (χ1v) is 6.45. The van der Waals surface area contributed by atoms with Crippen LogP contribution in [0, 0.1) is 20.8 Å². The molecule has 94 valence electrons. The van der Waals surface area contributed by atoms with E-state index >= 15 is 0 Å². The van der Waals surface area contributed by atoms with Crippen LogP contribution < -0.4 is 5.73 Å². The van der Waals surface area contributed by atoms with Crippen LogP contribution in [-0.2, 0) is 6.42 Å². The summed E-state index contributed by atoms with van der Waals surface area (Å²) in [6, 6.07) is 15.0. The highest BCUT2D eigenvalue weighted by Gasteiger charge is 2.09. The molecule has 18 heavy (non-hydrogen) atoms. The standard InChI is InChI=1S/C17H21N/c1-12-8-9-15(10-14(12)3)11-17(18)16-7-5-4-6-13(16)2/h4-10,17H,11,18H2,1-3H3. The van der Waals surface area contributed by atoms with E-state index in [4.69, 9.17) is 5.73 Å². The highest BCUT2D eigenvalue weighted by atomic mass is 14.6. The molecule has 0 amide bonds. The van der Waals surface area contributed by atoms with Crippen molar-refractivity contribution in [3.63, 3.8) is 0 Å². The third-order valence-electron chi connectivity index (χ3n) is 3.61. The molecule has 0 heterocycles. The molecule has 1 nitrogen and oxygen atoms in total. The van der Waals surface area contributed by atoms with Crippen LogP contribution in [0.1, 0.15) is 33.9 Å². The first-order valence-electron chi connectivity index (χ1n) is 6.45. The van der Waals surface area contributed by atoms with Crippen LogP contribution in [0.5, 0.6) is 0 Å². The Labute approximate surface area is 110 Å². The fourth-order valence-corrected chi connectivity index (χ4v) is 2.30. The number of benzene rings is 2. The number of aryl methyl sites for hydroxylation is 3. The second-order valence-electron chi connectivity index (χ2n) is 5.09. The summed E-state index contributed by atoms with van der Waals surface area (Å²) in [6.07, 6.45) is 0.895. The minimum atomic E-state index is 0.0771. The second kappa shape index (κ2) is 5.36. The van der Waals surface area contributed by atoms with E-state index in [0.717, 1.165) is 6.42 Å². The molecule has 2 aromatic rings. The van der Waals surface area contributed by atoms with E-state index in [0.29, 0.717) is 0 Å². The van der Waals surface area contributed by atoms with Crippen LogP contribution in [0.4, 0.5) is 0 Å². The minimum Gasteiger partial charge on any atom is -0.324 e. The van der Waals surface area contributed by atoms with Gasteiger partial charge in [0.25, 0.3) is 0 Å². The van der Waals surface area contributed by atoms with Crippen molar-refractivity contribution in [2.45, 2.75) is 33.2 Å². The van der Waals surface area contributed by atoms with Gasteiger partial charge >= 0.3 is 0 Å². The minimum absolute atomic E-state index is 0.0771. The maximum Gasteiger partial charge on any atom is 0.0338 e. The Morgan fingerprint density at radius 2 is 1.61 bits per heavy atom. The zero-order chi connectivity index (χ0) is 13.1. The lowest BCUT2D eigenvalue weighted by atomic mass is 9.95. The normalized spacial score (nSPS) is 12.4. The average Bonchev–Trinajstić information content (AvgIpc) is 2.34. The molecule has 0 bridgehead atoms. The molecular formula is C17H21N. The zero-order valence-corrected chi connectivity index (χ0v) is 11.4. The Bertz CT molecular complexity index is 543. The van der Waals surface area contributed by atoms with Crippen molar-refractivity contribution in [2.75, 3.05) is 0 Å². The monoisotopic (exact) mass is 239 g/mol. The van der Waals surface area contributed by atoms with Crippen LogP contribution in [0.25, 0.3) is 0 Å². The van der Waals surface area contributed by atoms with Crippen molar-refractivity contribution in [3.05, 3.63) is 70.3 Å². The third-order valence-corrected chi connectivity index (χ3v) is 3.61. The van der Waals surface area contributed by atoms with Gasteiger partial charge in [0.2, 0.25) is 0 Å². The summed E-state index contributed by atoms with van der Waals surface area (Å²) in [6.45, 7) is 6.41. The summed E-state index contributed by atoms with van der Waals surface area (Å²) < 4.78 is 0. The van der Waals surface area contributed by atoms with Crippen LogP contribution in [-0.4, -0.2) is 0 Å². The van der Waals surface area contributed by atoms with Gasteiger partial charge in [-0.05, 0) is 55.0 Å². The summed E-state index contributed by atoms with van der Waals surface area (Å²) in [5.41, 5.74) is 12.8. The molecule has 0 radical (unpaired) electrons. The summed E-state index contributed by atoms with van der Waals surface area (Å²) in [5.74, 6) is 0. The molecule has 2 rings (SSSR count). The molecule has 0 spiro atoms. The lowest BCUT2D eigenvalue weighted by Gasteiger charge is -2.15. The lowest BCUT2D eigenvalue weighted by Crippen LogP contribution is -2.14. The molecule has 1 atom stereocenters. The summed E-state index contributed by atoms with van der Waals surface area (Å²) in [7, 11) is 0. The number of hydrogen-bond donors (Lipinski definition) is 1. The van der Waals surface area contributed by atoms with Crippen molar-refractivity contribution in [2.24, 2.45) is 5.73 Å². The zero-order valence-electron chi connectivity index (χ0n) is 11.4. The highest BCUT2D eigenvalue weighted by molar-refractivity contribution is 5.33. The van der Waals surface area contributed by atoms with Gasteiger partial charge in [-0.2, -0.15) is 0 Å². The first kappa shape index (κ1) is 12.8. The van der Waals surface area contributed by atoms with E-state index in [2.05, 4.69) is 63.2 Å². The van der Waals surface area contributed by atoms with Crippen molar-refractivity contribution in [1.29, 1.82) is 0 Å². The van der Waals surface area contributed by atoms with Crippen LogP contribution in [0.15, 0.2) is 42.5 Å². The number of hydrogen-bond acceptors (Lipinski definition) is 1. The van der Waals surface area contributed by atoms with Crippen molar-refractivity contribution in [1.82, 2.24) is 0 Å². The maximum absolute atomic E-state index is 6.32. The molecule has 0 aliphatic carbocycles. The Morgan fingerprint density at radius 3 is 2.28 bits per heavy atom. The molecular weight excluding hydrogens is 218 g/mol. The summed E-state index contributed by atoms with van der Waals surface area (Å²) >= 11 is 0. The van der Waals surface area contributed by atoms with Crippen molar-refractivity contribution in [3.8, 4) is 0 Å². The fourth-order valence-electron chi connectivity index (χ4n) is 2.30. The largest absolute Gasteiger partial charge is 0.324 e. The molecule has 0 aromatic heterocycles. The Morgan fingerprint density at radius 1 is 0.889 bits per heavy atom. The van der Waals surface area contributed by atoms with Crippen LogP contribution >= 0.6 is 0 Å². The Balaban J connectivity index is 2.19. The van der Waals surface area contributed by atoms with E-state index in [-0.39, 0.29) is 6.04 Å². The lowest BCUT2D eigenvalue weighted by molar-refractivity contribution is 0.716. The Kier molecular flexibility index (Phi) is 3.83. The predicted octanol–water partition coefficient (Wildman–Crippen LogP) is 3.85. The third kappa shape index (κ3) is 2.80. The molecule has 0 fully saturated rings. The number of rotatable bonds is 3. The molecule has 0 saturated heterocycles. The van der Waals surface area contributed by atoms with E-state index in [1.165, 1.54) is 27.8 Å². The fraction of sp³-hybridized carbons (Fsp3) is 0.294. The summed E-state index contributed by atoms with van der Waals surface area (Å²) in [4.78, 5) is 0. The molecule has 1 unspecified atom stereocenters. The quantitative estimate of drug-likeness (QED) is 0.865. The van der Waals surface area contributed by atoms with Gasteiger partial charge in [0, 0.05) is 6.04 Å². The molecule has 0 aliphatic rings. The SMILES string of the molecule is Cc1ccc(CC(N)c2ccccc2C)cc1C. The smallest absolute Gasteiger partial charge is 0.0338 e. The van der Waals surface area contributed by atoms with Gasteiger partial charge in [0.15, 0.2) is 0 Å². The maximum atomic E-state index is 6.32. The van der Waals surface area contributed by atoms with Gasteiger partial charge in [-0.25, -0.2) is 0 Å². The topological polar surface area (TPSA) is 26.0 Å². The number of nitrogens with two attached hydrogens (primary N) is 1. The van der Waals surface area contributed by atoms with Crippen molar-refractivity contribution < 1.29 is 0 Å².